The van der Waals surface area contributed by atoms with Crippen molar-refractivity contribution in [1.29, 1.82) is 0 Å². The highest BCUT2D eigenvalue weighted by Crippen LogP contribution is 2.48. The maximum Gasteiger partial charge on any atom is 0.221 e. The topological polar surface area (TPSA) is 29.1 Å². The molecule has 0 saturated carbocycles. The highest BCUT2D eigenvalue weighted by molar-refractivity contribution is 5.90. The van der Waals surface area contributed by atoms with Crippen molar-refractivity contribution in [3.8, 4) is 11.1 Å². The van der Waals surface area contributed by atoms with Gasteiger partial charge in [0.15, 0.2) is 0 Å². The first kappa shape index (κ1) is 12.9. The molecule has 2 aromatic rings. The summed E-state index contributed by atoms with van der Waals surface area (Å²) >= 11 is 0. The Morgan fingerprint density at radius 2 is 1.75 bits per heavy atom. The Hall–Kier alpha value is -2.09. The van der Waals surface area contributed by atoms with Crippen LogP contribution in [0.3, 0.4) is 0 Å². The number of carbonyl (C=O) groups is 1. The van der Waals surface area contributed by atoms with E-state index in [0.29, 0.717) is 11.8 Å². The first-order chi connectivity index (χ1) is 9.58. The van der Waals surface area contributed by atoms with Crippen LogP contribution in [0, 0.1) is 5.92 Å². The summed E-state index contributed by atoms with van der Waals surface area (Å²) in [6.07, 6.45) is 0. The summed E-state index contributed by atoms with van der Waals surface area (Å²) in [5.41, 5.74) is 6.24. The molecule has 102 valence electrons. The number of amides is 1. The van der Waals surface area contributed by atoms with Crippen molar-refractivity contribution in [2.75, 3.05) is 5.32 Å². The van der Waals surface area contributed by atoms with Crippen LogP contribution in [0.1, 0.15) is 37.8 Å². The van der Waals surface area contributed by atoms with E-state index in [2.05, 4.69) is 55.6 Å². The van der Waals surface area contributed by atoms with Crippen molar-refractivity contribution in [2.24, 2.45) is 5.92 Å². The molecule has 20 heavy (non-hydrogen) atoms. The van der Waals surface area contributed by atoms with Crippen LogP contribution >= 0.6 is 0 Å². The van der Waals surface area contributed by atoms with Gasteiger partial charge in [0.1, 0.15) is 0 Å². The average Bonchev–Trinajstić information content (AvgIpc) is 2.71. The van der Waals surface area contributed by atoms with Crippen molar-refractivity contribution in [3.05, 3.63) is 53.6 Å². The van der Waals surface area contributed by atoms with Gasteiger partial charge in [0, 0.05) is 18.5 Å². The van der Waals surface area contributed by atoms with Crippen molar-refractivity contribution in [2.45, 2.75) is 26.7 Å². The molecule has 0 unspecified atom stereocenters. The number of hydrogen-bond acceptors (Lipinski definition) is 1. The summed E-state index contributed by atoms with van der Waals surface area (Å²) in [6, 6.07) is 14.8. The molecule has 2 heteroatoms. The van der Waals surface area contributed by atoms with Crippen LogP contribution < -0.4 is 5.32 Å². The van der Waals surface area contributed by atoms with Crippen molar-refractivity contribution in [3.63, 3.8) is 0 Å². The summed E-state index contributed by atoms with van der Waals surface area (Å²) in [7, 11) is 0. The number of hydrogen-bond donors (Lipinski definition) is 1. The number of fused-ring (bicyclic) bond motifs is 3. The predicted octanol–water partition coefficient (Wildman–Crippen LogP) is 4.41. The van der Waals surface area contributed by atoms with Gasteiger partial charge in [-0.25, -0.2) is 0 Å². The van der Waals surface area contributed by atoms with Gasteiger partial charge in [0.2, 0.25) is 5.91 Å². The predicted molar refractivity (Wildman–Crippen MR) is 82.9 cm³/mol. The van der Waals surface area contributed by atoms with Crippen molar-refractivity contribution in [1.82, 2.24) is 0 Å². The van der Waals surface area contributed by atoms with E-state index in [1.54, 1.807) is 6.92 Å². The van der Waals surface area contributed by atoms with Crippen molar-refractivity contribution >= 4 is 11.6 Å². The normalized spacial score (nSPS) is 15.9. The van der Waals surface area contributed by atoms with Gasteiger partial charge >= 0.3 is 0 Å². The number of rotatable bonds is 2. The lowest BCUT2D eigenvalue weighted by atomic mass is 9.86. The fourth-order valence-corrected chi connectivity index (χ4v) is 3.25. The fraction of sp³-hybridized carbons (Fsp3) is 0.278. The van der Waals surface area contributed by atoms with E-state index in [4.69, 9.17) is 0 Å². The van der Waals surface area contributed by atoms with E-state index in [1.807, 2.05) is 6.07 Å². The zero-order valence-corrected chi connectivity index (χ0v) is 12.1. The molecule has 2 aromatic carbocycles. The third kappa shape index (κ3) is 2.01. The second-order valence-corrected chi connectivity index (χ2v) is 5.79. The van der Waals surface area contributed by atoms with E-state index in [-0.39, 0.29) is 5.91 Å². The second-order valence-electron chi connectivity index (χ2n) is 5.79. The van der Waals surface area contributed by atoms with Crippen LogP contribution in [0.2, 0.25) is 0 Å². The Morgan fingerprint density at radius 1 is 1.05 bits per heavy atom. The standard InChI is InChI=1S/C18H19NO/c1-11(2)18-16-7-5-4-6-14(16)15-9-8-13(10-17(15)18)19-12(3)20/h4-11,18H,1-3H3,(H,19,20)/t18-/m1/s1. The highest BCUT2D eigenvalue weighted by Gasteiger charge is 2.30. The van der Waals surface area contributed by atoms with E-state index in [1.165, 1.54) is 22.3 Å². The Bertz CT molecular complexity index is 673. The molecule has 1 amide bonds. The lowest BCUT2D eigenvalue weighted by Crippen LogP contribution is -2.08. The third-order valence-corrected chi connectivity index (χ3v) is 3.96. The quantitative estimate of drug-likeness (QED) is 0.856. The third-order valence-electron chi connectivity index (χ3n) is 3.96. The maximum atomic E-state index is 11.2. The first-order valence-electron chi connectivity index (χ1n) is 7.08. The number of carbonyl (C=O) groups excluding carboxylic acids is 1. The minimum atomic E-state index is -0.0263. The van der Waals surface area contributed by atoms with E-state index >= 15 is 0 Å². The number of anilines is 1. The smallest absolute Gasteiger partial charge is 0.221 e. The molecule has 1 N–H and O–H groups in total. The summed E-state index contributed by atoms with van der Waals surface area (Å²) in [5, 5.41) is 2.88. The molecule has 0 bridgehead atoms. The SMILES string of the molecule is CC(=O)Nc1ccc2c(c1)[C@H](C(C)C)c1ccccc1-2. The molecule has 1 atom stereocenters. The van der Waals surface area contributed by atoms with Crippen LogP contribution in [0.4, 0.5) is 5.69 Å². The molecule has 0 aliphatic heterocycles. The van der Waals surface area contributed by atoms with Crippen molar-refractivity contribution < 1.29 is 4.79 Å². The largest absolute Gasteiger partial charge is 0.326 e. The van der Waals surface area contributed by atoms with Gasteiger partial charge in [-0.1, -0.05) is 44.2 Å². The van der Waals surface area contributed by atoms with Gasteiger partial charge in [-0.3, -0.25) is 4.79 Å². The van der Waals surface area contributed by atoms with Crippen LogP contribution in [0.15, 0.2) is 42.5 Å². The number of benzene rings is 2. The monoisotopic (exact) mass is 265 g/mol. The maximum absolute atomic E-state index is 11.2. The highest BCUT2D eigenvalue weighted by atomic mass is 16.1. The van der Waals surface area contributed by atoms with Gasteiger partial charge in [0.05, 0.1) is 0 Å². The molecule has 0 spiro atoms. The molecule has 0 heterocycles. The fourth-order valence-electron chi connectivity index (χ4n) is 3.25. The number of nitrogens with one attached hydrogen (secondary N) is 1. The van der Waals surface area contributed by atoms with E-state index in [0.717, 1.165) is 5.69 Å². The minimum absolute atomic E-state index is 0.0263. The lowest BCUT2D eigenvalue weighted by molar-refractivity contribution is -0.114. The molecule has 2 nitrogen and oxygen atoms in total. The lowest BCUT2D eigenvalue weighted by Gasteiger charge is -2.18. The minimum Gasteiger partial charge on any atom is -0.326 e. The van der Waals surface area contributed by atoms with Gasteiger partial charge in [-0.05, 0) is 40.3 Å². The van der Waals surface area contributed by atoms with Gasteiger partial charge in [0.25, 0.3) is 0 Å². The summed E-state index contributed by atoms with van der Waals surface area (Å²) in [5.74, 6) is 0.918. The van der Waals surface area contributed by atoms with Crippen LogP contribution in [-0.2, 0) is 4.79 Å². The molecule has 0 radical (unpaired) electrons. The second kappa shape index (κ2) is 4.78. The molecule has 0 aromatic heterocycles. The summed E-state index contributed by atoms with van der Waals surface area (Å²) in [4.78, 5) is 11.2. The summed E-state index contributed by atoms with van der Waals surface area (Å²) in [6.45, 7) is 6.05. The van der Waals surface area contributed by atoms with E-state index in [9.17, 15) is 4.79 Å². The zero-order chi connectivity index (χ0) is 14.3. The van der Waals surface area contributed by atoms with E-state index < -0.39 is 0 Å². The van der Waals surface area contributed by atoms with Gasteiger partial charge < -0.3 is 5.32 Å². The summed E-state index contributed by atoms with van der Waals surface area (Å²) < 4.78 is 0. The molecule has 1 aliphatic rings. The Morgan fingerprint density at radius 3 is 2.45 bits per heavy atom. The molecule has 0 saturated heterocycles. The van der Waals surface area contributed by atoms with Crippen LogP contribution in [-0.4, -0.2) is 5.91 Å². The Labute approximate surface area is 119 Å². The van der Waals surface area contributed by atoms with Crippen LogP contribution in [0.25, 0.3) is 11.1 Å². The Balaban J connectivity index is 2.14. The molecule has 0 fully saturated rings. The Kier molecular flexibility index (Phi) is 3.09. The van der Waals surface area contributed by atoms with Crippen LogP contribution in [0.5, 0.6) is 0 Å². The zero-order valence-electron chi connectivity index (χ0n) is 12.1. The van der Waals surface area contributed by atoms with Gasteiger partial charge in [-0.15, -0.1) is 0 Å². The molecule has 3 rings (SSSR count). The molecule has 1 aliphatic carbocycles. The van der Waals surface area contributed by atoms with Gasteiger partial charge in [-0.2, -0.15) is 0 Å². The molecular weight excluding hydrogens is 246 g/mol. The molecular formula is C18H19NO. The average molecular weight is 265 g/mol. The first-order valence-corrected chi connectivity index (χ1v) is 7.08.